The van der Waals surface area contributed by atoms with Crippen molar-refractivity contribution < 1.29 is 8.78 Å². The van der Waals surface area contributed by atoms with Crippen molar-refractivity contribution >= 4 is 0 Å². The third kappa shape index (κ3) is 1.92. The van der Waals surface area contributed by atoms with Gasteiger partial charge in [0, 0.05) is 12.6 Å². The number of nitrogens with one attached hydrogen (secondary N) is 1. The van der Waals surface area contributed by atoms with Crippen LogP contribution in [-0.4, -0.2) is 22.0 Å². The molecule has 0 saturated heterocycles. The molecule has 0 spiro atoms. The number of nitrogens with zero attached hydrogens (tertiary/aromatic N) is 3. The van der Waals surface area contributed by atoms with Crippen LogP contribution in [0.15, 0.2) is 24.4 Å². The van der Waals surface area contributed by atoms with Gasteiger partial charge >= 0.3 is 0 Å². The van der Waals surface area contributed by atoms with Crippen LogP contribution >= 0.6 is 0 Å². The lowest BCUT2D eigenvalue weighted by atomic mass is 10.3. The lowest BCUT2D eigenvalue weighted by Gasteiger charge is -2.06. The van der Waals surface area contributed by atoms with Crippen molar-refractivity contribution in [2.75, 3.05) is 7.05 Å². The molecule has 0 bridgehead atoms. The summed E-state index contributed by atoms with van der Waals surface area (Å²) in [5.74, 6) is -1.05. The summed E-state index contributed by atoms with van der Waals surface area (Å²) in [6.07, 6.45) is 1.50. The fourth-order valence-corrected chi connectivity index (χ4v) is 1.41. The Bertz CT molecular complexity index is 495. The smallest absolute Gasteiger partial charge is 0.149 e. The highest BCUT2D eigenvalue weighted by molar-refractivity contribution is 5.34. The Balaban J connectivity index is 2.49. The predicted molar refractivity (Wildman–Crippen MR) is 54.0 cm³/mol. The Morgan fingerprint density at radius 1 is 1.38 bits per heavy atom. The van der Waals surface area contributed by atoms with Gasteiger partial charge in [0.1, 0.15) is 17.3 Å². The van der Waals surface area contributed by atoms with E-state index < -0.39 is 11.6 Å². The van der Waals surface area contributed by atoms with E-state index in [4.69, 9.17) is 0 Å². The zero-order chi connectivity index (χ0) is 11.5. The largest absolute Gasteiger partial charge is 0.314 e. The minimum Gasteiger partial charge on any atom is -0.314 e. The average molecular weight is 224 g/mol. The lowest BCUT2D eigenvalue weighted by molar-refractivity contribution is 0.578. The Labute approximate surface area is 90.9 Å². The first kappa shape index (κ1) is 10.7. The maximum atomic E-state index is 13.5. The fraction of sp³-hybridized carbons (Fsp3) is 0.200. The van der Waals surface area contributed by atoms with Gasteiger partial charge in [0.15, 0.2) is 0 Å². The molecule has 0 aliphatic carbocycles. The van der Waals surface area contributed by atoms with Gasteiger partial charge < -0.3 is 5.32 Å². The van der Waals surface area contributed by atoms with Gasteiger partial charge in [-0.05, 0) is 19.2 Å². The van der Waals surface area contributed by atoms with E-state index >= 15 is 0 Å². The summed E-state index contributed by atoms with van der Waals surface area (Å²) in [7, 11) is 1.75. The molecule has 1 N–H and O–H groups in total. The van der Waals surface area contributed by atoms with Crippen molar-refractivity contribution in [1.82, 2.24) is 20.3 Å². The minimum atomic E-state index is -0.538. The van der Waals surface area contributed by atoms with E-state index in [0.29, 0.717) is 12.2 Å². The Morgan fingerprint density at radius 3 is 2.94 bits per heavy atom. The van der Waals surface area contributed by atoms with E-state index in [0.717, 1.165) is 18.2 Å². The highest BCUT2D eigenvalue weighted by Crippen LogP contribution is 2.15. The second-order valence-electron chi connectivity index (χ2n) is 3.26. The number of hydrogen-bond acceptors (Lipinski definition) is 3. The summed E-state index contributed by atoms with van der Waals surface area (Å²) < 4.78 is 27.8. The van der Waals surface area contributed by atoms with Gasteiger partial charge in [0.05, 0.1) is 11.9 Å². The summed E-state index contributed by atoms with van der Waals surface area (Å²) in [5.41, 5.74) is 0.717. The van der Waals surface area contributed by atoms with Crippen LogP contribution in [0.25, 0.3) is 5.69 Å². The zero-order valence-electron chi connectivity index (χ0n) is 8.61. The monoisotopic (exact) mass is 224 g/mol. The second kappa shape index (κ2) is 4.36. The molecule has 0 atom stereocenters. The van der Waals surface area contributed by atoms with E-state index in [2.05, 4.69) is 15.6 Å². The summed E-state index contributed by atoms with van der Waals surface area (Å²) in [6, 6.07) is 3.21. The van der Waals surface area contributed by atoms with Gasteiger partial charge in [0.2, 0.25) is 0 Å². The van der Waals surface area contributed by atoms with Crippen molar-refractivity contribution in [1.29, 1.82) is 0 Å². The molecule has 2 aromatic rings. The van der Waals surface area contributed by atoms with Crippen LogP contribution in [0, 0.1) is 11.6 Å². The summed E-state index contributed by atoms with van der Waals surface area (Å²) in [4.78, 5) is 0. The van der Waals surface area contributed by atoms with Gasteiger partial charge in [-0.15, -0.1) is 5.10 Å². The molecule has 6 heteroatoms. The normalized spacial score (nSPS) is 10.7. The molecule has 4 nitrogen and oxygen atoms in total. The van der Waals surface area contributed by atoms with Crippen LogP contribution in [0.5, 0.6) is 0 Å². The summed E-state index contributed by atoms with van der Waals surface area (Å²) in [6.45, 7) is 0.475. The van der Waals surface area contributed by atoms with Crippen molar-refractivity contribution in [3.8, 4) is 5.69 Å². The van der Waals surface area contributed by atoms with Crippen molar-refractivity contribution in [3.63, 3.8) is 0 Å². The van der Waals surface area contributed by atoms with Crippen LogP contribution in [0.2, 0.25) is 0 Å². The first-order chi connectivity index (χ1) is 7.72. The minimum absolute atomic E-state index is 0.0581. The number of rotatable bonds is 3. The molecular formula is C10H10F2N4. The molecule has 0 radical (unpaired) electrons. The van der Waals surface area contributed by atoms with Crippen LogP contribution < -0.4 is 5.32 Å². The first-order valence-electron chi connectivity index (χ1n) is 4.72. The maximum absolute atomic E-state index is 13.5. The van der Waals surface area contributed by atoms with Gasteiger partial charge in [-0.1, -0.05) is 5.21 Å². The third-order valence-corrected chi connectivity index (χ3v) is 2.11. The second-order valence-corrected chi connectivity index (χ2v) is 3.26. The number of halogens is 2. The molecular weight excluding hydrogens is 214 g/mol. The van der Waals surface area contributed by atoms with Crippen molar-refractivity contribution in [2.24, 2.45) is 0 Å². The molecule has 1 aromatic carbocycles. The zero-order valence-corrected chi connectivity index (χ0v) is 8.61. The molecule has 0 amide bonds. The Kier molecular flexibility index (Phi) is 2.91. The van der Waals surface area contributed by atoms with Crippen LogP contribution in [0.1, 0.15) is 5.69 Å². The SMILES string of the molecule is CNCc1cnnn1-c1cc(F)ccc1F. The average Bonchev–Trinajstić information content (AvgIpc) is 2.70. The molecule has 2 rings (SSSR count). The topological polar surface area (TPSA) is 42.7 Å². The van der Waals surface area contributed by atoms with Crippen LogP contribution in [0.3, 0.4) is 0 Å². The van der Waals surface area contributed by atoms with E-state index in [1.165, 1.54) is 10.9 Å². The van der Waals surface area contributed by atoms with Crippen LogP contribution in [0.4, 0.5) is 8.78 Å². The van der Waals surface area contributed by atoms with Crippen LogP contribution in [-0.2, 0) is 6.54 Å². The molecule has 0 unspecified atom stereocenters. The van der Waals surface area contributed by atoms with E-state index in [-0.39, 0.29) is 5.69 Å². The Hall–Kier alpha value is -1.82. The van der Waals surface area contributed by atoms with E-state index in [9.17, 15) is 8.78 Å². The molecule has 0 fully saturated rings. The lowest BCUT2D eigenvalue weighted by Crippen LogP contribution is -2.12. The molecule has 16 heavy (non-hydrogen) atoms. The molecule has 0 aliphatic rings. The highest BCUT2D eigenvalue weighted by Gasteiger charge is 2.11. The standard InChI is InChI=1S/C10H10F2N4/c1-13-5-8-6-14-15-16(8)10-4-7(11)2-3-9(10)12/h2-4,6,13H,5H2,1H3. The van der Waals surface area contributed by atoms with Gasteiger partial charge in [-0.25, -0.2) is 13.5 Å². The fourth-order valence-electron chi connectivity index (χ4n) is 1.41. The van der Waals surface area contributed by atoms with Crippen molar-refractivity contribution in [2.45, 2.75) is 6.54 Å². The number of benzene rings is 1. The molecule has 0 saturated carbocycles. The summed E-state index contributed by atoms with van der Waals surface area (Å²) in [5, 5.41) is 10.3. The Morgan fingerprint density at radius 2 is 2.19 bits per heavy atom. The van der Waals surface area contributed by atoms with Crippen molar-refractivity contribution in [3.05, 3.63) is 41.7 Å². The van der Waals surface area contributed by atoms with E-state index in [1.54, 1.807) is 7.05 Å². The third-order valence-electron chi connectivity index (χ3n) is 2.11. The highest BCUT2D eigenvalue weighted by atomic mass is 19.1. The van der Waals surface area contributed by atoms with Gasteiger partial charge in [-0.2, -0.15) is 0 Å². The summed E-state index contributed by atoms with van der Waals surface area (Å²) >= 11 is 0. The quantitative estimate of drug-likeness (QED) is 0.853. The first-order valence-corrected chi connectivity index (χ1v) is 4.72. The number of aromatic nitrogens is 3. The molecule has 84 valence electrons. The number of hydrogen-bond donors (Lipinski definition) is 1. The van der Waals surface area contributed by atoms with Gasteiger partial charge in [-0.3, -0.25) is 0 Å². The molecule has 1 aromatic heterocycles. The maximum Gasteiger partial charge on any atom is 0.149 e. The van der Waals surface area contributed by atoms with Gasteiger partial charge in [0.25, 0.3) is 0 Å². The molecule has 0 aliphatic heterocycles. The van der Waals surface area contributed by atoms with E-state index in [1.807, 2.05) is 0 Å². The molecule has 1 heterocycles. The predicted octanol–water partition coefficient (Wildman–Crippen LogP) is 1.26.